The molecule has 4 heteroatoms. The molecule has 90 valence electrons. The van der Waals surface area contributed by atoms with E-state index in [0.29, 0.717) is 0 Å². The van der Waals surface area contributed by atoms with Crippen LogP contribution in [-0.2, 0) is 6.54 Å². The highest BCUT2D eigenvalue weighted by molar-refractivity contribution is 7.11. The van der Waals surface area contributed by atoms with Crippen LogP contribution in [0.3, 0.4) is 0 Å². The third kappa shape index (κ3) is 2.33. The lowest BCUT2D eigenvalue weighted by atomic mass is 10.2. The predicted octanol–water partition coefficient (Wildman–Crippen LogP) is 3.61. The Labute approximate surface area is 110 Å². The summed E-state index contributed by atoms with van der Waals surface area (Å²) in [5, 5.41) is 5.67. The standard InChI is InChI=1S/C14H13N3S/c1-10-16-8-13(18-10)9-17-12-4-5-14-11(7-12)3-2-6-15-14/h2-8,17H,9H2,1H3. The topological polar surface area (TPSA) is 37.8 Å². The van der Waals surface area contributed by atoms with Gasteiger partial charge < -0.3 is 5.32 Å². The van der Waals surface area contributed by atoms with Crippen LogP contribution in [0.2, 0.25) is 0 Å². The summed E-state index contributed by atoms with van der Waals surface area (Å²) < 4.78 is 0. The molecule has 18 heavy (non-hydrogen) atoms. The maximum atomic E-state index is 4.31. The minimum atomic E-state index is 0.817. The molecule has 0 aliphatic rings. The fourth-order valence-corrected chi connectivity index (χ4v) is 2.60. The Kier molecular flexibility index (Phi) is 2.94. The molecule has 2 heterocycles. The SMILES string of the molecule is Cc1ncc(CNc2ccc3ncccc3c2)s1. The van der Waals surface area contributed by atoms with Gasteiger partial charge in [0, 0.05) is 28.3 Å². The van der Waals surface area contributed by atoms with Crippen molar-refractivity contribution in [1.82, 2.24) is 9.97 Å². The Balaban J connectivity index is 1.78. The Morgan fingerprint density at radius 1 is 1.22 bits per heavy atom. The van der Waals surface area contributed by atoms with Crippen molar-refractivity contribution in [3.8, 4) is 0 Å². The molecule has 3 nitrogen and oxygen atoms in total. The summed E-state index contributed by atoms with van der Waals surface area (Å²) in [6, 6.07) is 10.2. The van der Waals surface area contributed by atoms with Crippen LogP contribution in [-0.4, -0.2) is 9.97 Å². The summed E-state index contributed by atoms with van der Waals surface area (Å²) in [7, 11) is 0. The van der Waals surface area contributed by atoms with Gasteiger partial charge in [0.1, 0.15) is 0 Å². The Hall–Kier alpha value is -1.94. The zero-order valence-electron chi connectivity index (χ0n) is 10.1. The lowest BCUT2D eigenvalue weighted by molar-refractivity contribution is 1.17. The van der Waals surface area contributed by atoms with E-state index in [1.165, 1.54) is 4.88 Å². The first-order valence-electron chi connectivity index (χ1n) is 5.81. The van der Waals surface area contributed by atoms with Crippen molar-refractivity contribution in [2.75, 3.05) is 5.32 Å². The molecule has 0 amide bonds. The van der Waals surface area contributed by atoms with Gasteiger partial charge >= 0.3 is 0 Å². The second-order valence-electron chi connectivity index (χ2n) is 4.11. The molecule has 2 aromatic heterocycles. The van der Waals surface area contributed by atoms with E-state index < -0.39 is 0 Å². The normalized spacial score (nSPS) is 10.7. The number of aromatic nitrogens is 2. The molecule has 0 aliphatic carbocycles. The number of pyridine rings is 1. The summed E-state index contributed by atoms with van der Waals surface area (Å²) in [5.41, 5.74) is 2.14. The summed E-state index contributed by atoms with van der Waals surface area (Å²) in [6.45, 7) is 2.84. The smallest absolute Gasteiger partial charge is 0.0897 e. The van der Waals surface area contributed by atoms with Gasteiger partial charge in [0.25, 0.3) is 0 Å². The highest BCUT2D eigenvalue weighted by Gasteiger charge is 1.99. The van der Waals surface area contributed by atoms with Crippen molar-refractivity contribution in [2.45, 2.75) is 13.5 Å². The second kappa shape index (κ2) is 4.74. The zero-order chi connectivity index (χ0) is 12.4. The van der Waals surface area contributed by atoms with Gasteiger partial charge in [-0.25, -0.2) is 4.98 Å². The van der Waals surface area contributed by atoms with E-state index in [9.17, 15) is 0 Å². The van der Waals surface area contributed by atoms with Crippen molar-refractivity contribution >= 4 is 27.9 Å². The van der Waals surface area contributed by atoms with Gasteiger partial charge in [0.05, 0.1) is 17.1 Å². The van der Waals surface area contributed by atoms with Gasteiger partial charge in [0.2, 0.25) is 0 Å². The van der Waals surface area contributed by atoms with Gasteiger partial charge in [-0.05, 0) is 31.2 Å². The van der Waals surface area contributed by atoms with Crippen LogP contribution >= 0.6 is 11.3 Å². The molecule has 3 rings (SSSR count). The quantitative estimate of drug-likeness (QED) is 0.777. The molecule has 0 saturated carbocycles. The second-order valence-corrected chi connectivity index (χ2v) is 5.43. The van der Waals surface area contributed by atoms with Crippen LogP contribution < -0.4 is 5.32 Å². The van der Waals surface area contributed by atoms with E-state index in [1.54, 1.807) is 11.3 Å². The summed E-state index contributed by atoms with van der Waals surface area (Å²) in [4.78, 5) is 9.80. The van der Waals surface area contributed by atoms with Crippen molar-refractivity contribution < 1.29 is 0 Å². The molecular weight excluding hydrogens is 242 g/mol. The average molecular weight is 255 g/mol. The van der Waals surface area contributed by atoms with Gasteiger partial charge in [0.15, 0.2) is 0 Å². The summed E-state index contributed by atoms with van der Waals surface area (Å²) >= 11 is 1.72. The molecule has 0 aliphatic heterocycles. The first-order chi connectivity index (χ1) is 8.81. The van der Waals surface area contributed by atoms with Gasteiger partial charge in [-0.15, -0.1) is 11.3 Å². The molecular formula is C14H13N3S. The number of nitrogens with one attached hydrogen (secondary N) is 1. The number of benzene rings is 1. The first-order valence-corrected chi connectivity index (χ1v) is 6.63. The number of fused-ring (bicyclic) bond motifs is 1. The van der Waals surface area contributed by atoms with Gasteiger partial charge in [-0.1, -0.05) is 6.07 Å². The van der Waals surface area contributed by atoms with Crippen molar-refractivity contribution in [1.29, 1.82) is 0 Å². The van der Waals surface area contributed by atoms with E-state index in [2.05, 4.69) is 33.5 Å². The Morgan fingerprint density at radius 2 is 2.17 bits per heavy atom. The third-order valence-electron chi connectivity index (χ3n) is 2.74. The molecule has 0 atom stereocenters. The molecule has 0 saturated heterocycles. The highest BCUT2D eigenvalue weighted by atomic mass is 32.1. The van der Waals surface area contributed by atoms with Crippen LogP contribution in [0.15, 0.2) is 42.7 Å². The van der Waals surface area contributed by atoms with Crippen LogP contribution in [0.5, 0.6) is 0 Å². The molecule has 0 radical (unpaired) electrons. The van der Waals surface area contributed by atoms with Crippen LogP contribution in [0.1, 0.15) is 9.88 Å². The minimum absolute atomic E-state index is 0.817. The number of rotatable bonds is 3. The molecule has 0 fully saturated rings. The molecule has 0 bridgehead atoms. The predicted molar refractivity (Wildman–Crippen MR) is 75.9 cm³/mol. The molecule has 3 aromatic rings. The van der Waals surface area contributed by atoms with Crippen LogP contribution in [0.25, 0.3) is 10.9 Å². The maximum absolute atomic E-state index is 4.31. The number of thiazole rings is 1. The number of aryl methyl sites for hydroxylation is 1. The Morgan fingerprint density at radius 3 is 3.00 bits per heavy atom. The lowest BCUT2D eigenvalue weighted by Gasteiger charge is -2.05. The van der Waals surface area contributed by atoms with Crippen molar-refractivity contribution in [2.24, 2.45) is 0 Å². The summed E-state index contributed by atoms with van der Waals surface area (Å²) in [5.74, 6) is 0. The van der Waals surface area contributed by atoms with Crippen molar-refractivity contribution in [3.63, 3.8) is 0 Å². The van der Waals surface area contributed by atoms with E-state index in [4.69, 9.17) is 0 Å². The van der Waals surface area contributed by atoms with E-state index in [1.807, 2.05) is 31.5 Å². The van der Waals surface area contributed by atoms with Gasteiger partial charge in [-0.2, -0.15) is 0 Å². The van der Waals surface area contributed by atoms with Crippen LogP contribution in [0, 0.1) is 6.92 Å². The number of hydrogen-bond acceptors (Lipinski definition) is 4. The van der Waals surface area contributed by atoms with Crippen LogP contribution in [0.4, 0.5) is 5.69 Å². The monoisotopic (exact) mass is 255 g/mol. The lowest BCUT2D eigenvalue weighted by Crippen LogP contribution is -1.97. The fraction of sp³-hybridized carbons (Fsp3) is 0.143. The number of hydrogen-bond donors (Lipinski definition) is 1. The Bertz CT molecular complexity index is 675. The van der Waals surface area contributed by atoms with E-state index in [0.717, 1.165) is 28.1 Å². The molecule has 0 unspecified atom stereocenters. The molecule has 1 aromatic carbocycles. The number of anilines is 1. The van der Waals surface area contributed by atoms with E-state index >= 15 is 0 Å². The summed E-state index contributed by atoms with van der Waals surface area (Å²) in [6.07, 6.45) is 3.74. The maximum Gasteiger partial charge on any atom is 0.0897 e. The minimum Gasteiger partial charge on any atom is -0.380 e. The molecule has 1 N–H and O–H groups in total. The first kappa shape index (κ1) is 11.2. The van der Waals surface area contributed by atoms with Crippen molar-refractivity contribution in [3.05, 3.63) is 52.6 Å². The largest absolute Gasteiger partial charge is 0.380 e. The highest BCUT2D eigenvalue weighted by Crippen LogP contribution is 2.19. The third-order valence-corrected chi connectivity index (χ3v) is 3.65. The van der Waals surface area contributed by atoms with Gasteiger partial charge in [-0.3, -0.25) is 4.98 Å². The number of nitrogens with zero attached hydrogens (tertiary/aromatic N) is 2. The zero-order valence-corrected chi connectivity index (χ0v) is 10.9. The fourth-order valence-electron chi connectivity index (χ4n) is 1.86. The molecule has 0 spiro atoms. The van der Waals surface area contributed by atoms with E-state index in [-0.39, 0.29) is 0 Å². The average Bonchev–Trinajstić information content (AvgIpc) is 2.82.